The van der Waals surface area contributed by atoms with Crippen LogP contribution in [0.5, 0.6) is 5.75 Å². The minimum Gasteiger partial charge on any atom is -0.483 e. The highest BCUT2D eigenvalue weighted by atomic mass is 16.5. The van der Waals surface area contributed by atoms with Crippen LogP contribution >= 0.6 is 0 Å². The molecule has 0 fully saturated rings. The number of nitrogens with one attached hydrogen (secondary N) is 2. The molecular weight excluding hydrogens is 340 g/mol. The summed E-state index contributed by atoms with van der Waals surface area (Å²) in [5.41, 5.74) is 7.04. The van der Waals surface area contributed by atoms with Gasteiger partial charge in [-0.25, -0.2) is 0 Å². The van der Waals surface area contributed by atoms with E-state index in [2.05, 4.69) is 29.1 Å². The third-order valence-electron chi connectivity index (χ3n) is 4.47. The van der Waals surface area contributed by atoms with Crippen molar-refractivity contribution in [3.8, 4) is 5.75 Å². The zero-order valence-corrected chi connectivity index (χ0v) is 15.2. The van der Waals surface area contributed by atoms with Gasteiger partial charge in [-0.2, -0.15) is 0 Å². The van der Waals surface area contributed by atoms with Gasteiger partial charge in [0.25, 0.3) is 5.91 Å². The average molecular weight is 364 g/mol. The van der Waals surface area contributed by atoms with Crippen molar-refractivity contribution in [1.82, 2.24) is 10.9 Å². The van der Waals surface area contributed by atoms with E-state index in [1.807, 2.05) is 48.5 Å². The molecule has 0 saturated heterocycles. The van der Waals surface area contributed by atoms with Crippen molar-refractivity contribution in [3.63, 3.8) is 0 Å². The lowest BCUT2D eigenvalue weighted by Gasteiger charge is -2.13. The van der Waals surface area contributed by atoms with Gasteiger partial charge in [0.05, 0.1) is 0 Å². The first kappa shape index (κ1) is 18.7. The number of carbonyl (C=O) groups excluding carboxylic acids is 2. The first-order valence-corrected chi connectivity index (χ1v) is 9.19. The molecule has 2 aromatic carbocycles. The maximum Gasteiger partial charge on any atom is 0.276 e. The van der Waals surface area contributed by atoms with Crippen molar-refractivity contribution < 1.29 is 14.3 Å². The minimum absolute atomic E-state index is 0.157. The Bertz CT molecular complexity index is 802. The Morgan fingerprint density at radius 2 is 1.70 bits per heavy atom. The topological polar surface area (TPSA) is 67.4 Å². The molecule has 1 aliphatic carbocycles. The predicted molar refractivity (Wildman–Crippen MR) is 104 cm³/mol. The van der Waals surface area contributed by atoms with Crippen LogP contribution in [0.4, 0.5) is 0 Å². The summed E-state index contributed by atoms with van der Waals surface area (Å²) in [5, 5.41) is 0. The van der Waals surface area contributed by atoms with E-state index in [9.17, 15) is 9.59 Å². The molecule has 1 unspecified atom stereocenters. The van der Waals surface area contributed by atoms with Gasteiger partial charge in [0, 0.05) is 12.8 Å². The summed E-state index contributed by atoms with van der Waals surface area (Å²) in [6, 6.07) is 17.7. The maximum absolute atomic E-state index is 12.0. The summed E-state index contributed by atoms with van der Waals surface area (Å²) in [6.45, 7) is -0.157. The summed E-state index contributed by atoms with van der Waals surface area (Å²) >= 11 is 0. The normalized spacial score (nSPS) is 15.3. The van der Waals surface area contributed by atoms with Crippen LogP contribution in [-0.2, 0) is 16.0 Å². The number of para-hydroxylation sites is 1. The Morgan fingerprint density at radius 3 is 2.48 bits per heavy atom. The number of benzene rings is 2. The lowest BCUT2D eigenvalue weighted by molar-refractivity contribution is -0.130. The Hall–Kier alpha value is -3.08. The van der Waals surface area contributed by atoms with Crippen LogP contribution in [0.25, 0.3) is 0 Å². The van der Waals surface area contributed by atoms with Crippen LogP contribution in [0.1, 0.15) is 30.4 Å². The Morgan fingerprint density at radius 1 is 0.963 bits per heavy atom. The predicted octanol–water partition coefficient (Wildman–Crippen LogP) is 3.16. The molecule has 2 aromatic rings. The monoisotopic (exact) mass is 364 g/mol. The van der Waals surface area contributed by atoms with Crippen LogP contribution in [0.15, 0.2) is 66.7 Å². The second-order valence-corrected chi connectivity index (χ2v) is 6.62. The fourth-order valence-corrected chi connectivity index (χ4v) is 3.08. The van der Waals surface area contributed by atoms with Gasteiger partial charge in [0.1, 0.15) is 5.75 Å². The SMILES string of the molecule is O=C(COc1ccccc1Cc1ccccc1)NNC(=O)CC1C=CCC1. The molecule has 1 aliphatic rings. The molecule has 0 bridgehead atoms. The summed E-state index contributed by atoms with van der Waals surface area (Å²) in [6.07, 6.45) is 7.25. The summed E-state index contributed by atoms with van der Waals surface area (Å²) < 4.78 is 5.66. The number of amides is 2. The summed E-state index contributed by atoms with van der Waals surface area (Å²) in [7, 11) is 0. The van der Waals surface area contributed by atoms with E-state index in [1.165, 1.54) is 5.56 Å². The van der Waals surface area contributed by atoms with E-state index in [-0.39, 0.29) is 24.3 Å². The fraction of sp³-hybridized carbons (Fsp3) is 0.273. The van der Waals surface area contributed by atoms with E-state index >= 15 is 0 Å². The Balaban J connectivity index is 1.46. The minimum atomic E-state index is -0.389. The highest BCUT2D eigenvalue weighted by molar-refractivity contribution is 5.83. The number of hydrazine groups is 1. The van der Waals surface area contributed by atoms with E-state index < -0.39 is 0 Å². The first-order valence-electron chi connectivity index (χ1n) is 9.19. The fourth-order valence-electron chi connectivity index (χ4n) is 3.08. The van der Waals surface area contributed by atoms with Crippen LogP contribution < -0.4 is 15.6 Å². The Labute approximate surface area is 159 Å². The average Bonchev–Trinajstić information content (AvgIpc) is 3.19. The first-order chi connectivity index (χ1) is 13.2. The molecule has 0 aromatic heterocycles. The second-order valence-electron chi connectivity index (χ2n) is 6.62. The number of allylic oxidation sites excluding steroid dienone is 2. The van der Waals surface area contributed by atoms with Gasteiger partial charge in [-0.3, -0.25) is 20.4 Å². The van der Waals surface area contributed by atoms with Crippen molar-refractivity contribution in [2.24, 2.45) is 5.92 Å². The summed E-state index contributed by atoms with van der Waals surface area (Å²) in [4.78, 5) is 23.8. The van der Waals surface area contributed by atoms with E-state index in [1.54, 1.807) is 0 Å². The van der Waals surface area contributed by atoms with Crippen LogP contribution in [-0.4, -0.2) is 18.4 Å². The second kappa shape index (κ2) is 9.57. The third-order valence-corrected chi connectivity index (χ3v) is 4.47. The molecule has 5 nitrogen and oxygen atoms in total. The van der Waals surface area contributed by atoms with Gasteiger partial charge in [0.2, 0.25) is 5.91 Å². The van der Waals surface area contributed by atoms with Crippen molar-refractivity contribution in [1.29, 1.82) is 0 Å². The van der Waals surface area contributed by atoms with E-state index in [0.717, 1.165) is 24.8 Å². The lowest BCUT2D eigenvalue weighted by atomic mass is 10.0. The lowest BCUT2D eigenvalue weighted by Crippen LogP contribution is -2.44. The molecule has 27 heavy (non-hydrogen) atoms. The van der Waals surface area contributed by atoms with E-state index in [4.69, 9.17) is 4.74 Å². The van der Waals surface area contributed by atoms with Crippen molar-refractivity contribution in [3.05, 3.63) is 77.9 Å². The molecule has 140 valence electrons. The molecule has 0 saturated carbocycles. The standard InChI is InChI=1S/C22H24N2O3/c25-21(15-18-10-4-5-11-18)23-24-22(26)16-27-20-13-7-6-12-19(20)14-17-8-2-1-3-9-17/h1-4,6-10,12-13,18H,5,11,14-16H2,(H,23,25)(H,24,26). The Kier molecular flexibility index (Phi) is 6.63. The van der Waals surface area contributed by atoms with Crippen LogP contribution in [0.2, 0.25) is 0 Å². The molecule has 5 heteroatoms. The largest absolute Gasteiger partial charge is 0.483 e. The molecule has 0 radical (unpaired) electrons. The van der Waals surface area contributed by atoms with Gasteiger partial charge in [-0.15, -0.1) is 0 Å². The smallest absolute Gasteiger partial charge is 0.276 e. The van der Waals surface area contributed by atoms with Crippen molar-refractivity contribution >= 4 is 11.8 Å². The van der Waals surface area contributed by atoms with Crippen LogP contribution in [0, 0.1) is 5.92 Å². The highest BCUT2D eigenvalue weighted by Crippen LogP contribution is 2.21. The molecule has 3 rings (SSSR count). The summed E-state index contributed by atoms with van der Waals surface area (Å²) in [5.74, 6) is 0.353. The molecule has 2 N–H and O–H groups in total. The molecule has 1 atom stereocenters. The zero-order valence-electron chi connectivity index (χ0n) is 15.2. The third kappa shape index (κ3) is 5.99. The number of hydrogen-bond donors (Lipinski definition) is 2. The highest BCUT2D eigenvalue weighted by Gasteiger charge is 2.14. The van der Waals surface area contributed by atoms with Gasteiger partial charge in [-0.05, 0) is 36.0 Å². The maximum atomic E-state index is 12.0. The number of rotatable bonds is 7. The number of carbonyl (C=O) groups is 2. The van der Waals surface area contributed by atoms with E-state index in [0.29, 0.717) is 12.2 Å². The quantitative estimate of drug-likeness (QED) is 0.586. The van der Waals surface area contributed by atoms with Gasteiger partial charge >= 0.3 is 0 Å². The zero-order chi connectivity index (χ0) is 18.9. The number of ether oxygens (including phenoxy) is 1. The molecule has 0 spiro atoms. The molecular formula is C22H24N2O3. The van der Waals surface area contributed by atoms with Crippen molar-refractivity contribution in [2.75, 3.05) is 6.61 Å². The van der Waals surface area contributed by atoms with Gasteiger partial charge in [0.15, 0.2) is 6.61 Å². The molecule has 2 amide bonds. The van der Waals surface area contributed by atoms with Gasteiger partial charge in [-0.1, -0.05) is 60.7 Å². The molecule has 0 aliphatic heterocycles. The molecule has 0 heterocycles. The van der Waals surface area contributed by atoms with Gasteiger partial charge < -0.3 is 4.74 Å². The number of hydrogen-bond acceptors (Lipinski definition) is 3. The van der Waals surface area contributed by atoms with Crippen LogP contribution in [0.3, 0.4) is 0 Å². The van der Waals surface area contributed by atoms with Crippen molar-refractivity contribution in [2.45, 2.75) is 25.7 Å².